The van der Waals surface area contributed by atoms with E-state index < -0.39 is 0 Å². The topological polar surface area (TPSA) is 52.1 Å². The van der Waals surface area contributed by atoms with E-state index in [2.05, 4.69) is 10.2 Å². The van der Waals surface area contributed by atoms with Gasteiger partial charge in [-0.1, -0.05) is 0 Å². The van der Waals surface area contributed by atoms with Crippen molar-refractivity contribution in [1.82, 2.24) is 10.2 Å². The molecular formula is C8H7ClN2O2. The molecule has 4 nitrogen and oxygen atoms in total. The lowest BCUT2D eigenvalue weighted by atomic mass is 10.3. The number of alkyl halides is 1. The van der Waals surface area contributed by atoms with E-state index in [1.54, 1.807) is 6.26 Å². The maximum absolute atomic E-state index is 5.51. The molecule has 0 amide bonds. The van der Waals surface area contributed by atoms with E-state index in [-0.39, 0.29) is 5.88 Å². The highest BCUT2D eigenvalue weighted by Crippen LogP contribution is 2.22. The van der Waals surface area contributed by atoms with Crippen LogP contribution < -0.4 is 0 Å². The molecule has 2 aromatic rings. The highest BCUT2D eigenvalue weighted by atomic mass is 35.5. The molecule has 0 saturated carbocycles. The van der Waals surface area contributed by atoms with Crippen molar-refractivity contribution >= 4 is 11.6 Å². The number of rotatable bonds is 2. The predicted octanol–water partition coefficient (Wildman–Crippen LogP) is 2.38. The van der Waals surface area contributed by atoms with E-state index in [4.69, 9.17) is 20.4 Å². The van der Waals surface area contributed by atoms with E-state index in [0.29, 0.717) is 17.5 Å². The van der Waals surface area contributed by atoms with Crippen molar-refractivity contribution in [2.75, 3.05) is 0 Å². The van der Waals surface area contributed by atoms with Gasteiger partial charge in [-0.15, -0.1) is 21.8 Å². The third kappa shape index (κ3) is 1.45. The van der Waals surface area contributed by atoms with Crippen LogP contribution in [0.2, 0.25) is 0 Å². The van der Waals surface area contributed by atoms with Crippen LogP contribution in [0.25, 0.3) is 11.7 Å². The molecule has 0 unspecified atom stereocenters. The zero-order valence-corrected chi connectivity index (χ0v) is 7.71. The van der Waals surface area contributed by atoms with Gasteiger partial charge in [0.05, 0.1) is 6.26 Å². The van der Waals surface area contributed by atoms with Gasteiger partial charge in [-0.2, -0.15) is 0 Å². The molecule has 5 heteroatoms. The molecule has 0 N–H and O–H groups in total. The second kappa shape index (κ2) is 3.22. The molecular weight excluding hydrogens is 192 g/mol. The minimum Gasteiger partial charge on any atom is -0.459 e. The minimum atomic E-state index is 0.215. The first-order chi connectivity index (χ1) is 6.31. The average Bonchev–Trinajstić information content (AvgIpc) is 2.71. The zero-order chi connectivity index (χ0) is 9.26. The van der Waals surface area contributed by atoms with Crippen LogP contribution in [0.3, 0.4) is 0 Å². The summed E-state index contributed by atoms with van der Waals surface area (Å²) >= 11 is 5.51. The third-order valence-electron chi connectivity index (χ3n) is 1.64. The Balaban J connectivity index is 2.41. The lowest BCUT2D eigenvalue weighted by molar-refractivity contribution is 0.492. The van der Waals surface area contributed by atoms with E-state index in [1.807, 2.05) is 13.0 Å². The lowest BCUT2D eigenvalue weighted by Gasteiger charge is -1.88. The van der Waals surface area contributed by atoms with Gasteiger partial charge in [0.1, 0.15) is 5.88 Å². The van der Waals surface area contributed by atoms with Crippen LogP contribution in [-0.4, -0.2) is 10.2 Å². The number of aromatic nitrogens is 2. The number of hydrogen-bond acceptors (Lipinski definition) is 4. The van der Waals surface area contributed by atoms with Crippen LogP contribution in [0, 0.1) is 6.92 Å². The Labute approximate surface area is 79.5 Å². The van der Waals surface area contributed by atoms with Crippen molar-refractivity contribution in [2.24, 2.45) is 0 Å². The molecule has 0 aliphatic carbocycles. The molecule has 2 heterocycles. The molecule has 0 saturated heterocycles. The van der Waals surface area contributed by atoms with Gasteiger partial charge in [0.25, 0.3) is 5.89 Å². The standard InChI is InChI=1S/C8H7ClN2O2/c1-5-2-3-12-7(5)8-11-10-6(4-9)13-8/h2-3H,4H2,1H3. The van der Waals surface area contributed by atoms with E-state index in [9.17, 15) is 0 Å². The summed E-state index contributed by atoms with van der Waals surface area (Å²) in [4.78, 5) is 0. The molecule has 0 spiro atoms. The average molecular weight is 199 g/mol. The smallest absolute Gasteiger partial charge is 0.283 e. The first kappa shape index (κ1) is 8.31. The quantitative estimate of drug-likeness (QED) is 0.696. The third-order valence-corrected chi connectivity index (χ3v) is 1.87. The van der Waals surface area contributed by atoms with Gasteiger partial charge >= 0.3 is 0 Å². The highest BCUT2D eigenvalue weighted by molar-refractivity contribution is 6.16. The minimum absolute atomic E-state index is 0.215. The Kier molecular flexibility index (Phi) is 2.06. The molecule has 0 aliphatic heterocycles. The molecule has 2 aromatic heterocycles. The summed E-state index contributed by atoms with van der Waals surface area (Å²) in [6.45, 7) is 1.91. The SMILES string of the molecule is Cc1ccoc1-c1nnc(CCl)o1. The van der Waals surface area contributed by atoms with Crippen LogP contribution in [0.1, 0.15) is 11.5 Å². The van der Waals surface area contributed by atoms with Gasteiger partial charge in [-0.25, -0.2) is 0 Å². The van der Waals surface area contributed by atoms with Crippen molar-refractivity contribution in [3.8, 4) is 11.7 Å². The number of hydrogen-bond donors (Lipinski definition) is 0. The summed E-state index contributed by atoms with van der Waals surface area (Å²) < 4.78 is 10.4. The van der Waals surface area contributed by atoms with Gasteiger partial charge < -0.3 is 8.83 Å². The van der Waals surface area contributed by atoms with Gasteiger partial charge in [-0.3, -0.25) is 0 Å². The van der Waals surface area contributed by atoms with Gasteiger partial charge in [0.2, 0.25) is 5.89 Å². The molecule has 0 aliphatic rings. The zero-order valence-electron chi connectivity index (χ0n) is 6.95. The Morgan fingerprint density at radius 1 is 1.46 bits per heavy atom. The fourth-order valence-corrected chi connectivity index (χ4v) is 1.10. The summed E-state index contributed by atoms with van der Waals surface area (Å²) in [6.07, 6.45) is 1.58. The largest absolute Gasteiger partial charge is 0.459 e. The van der Waals surface area contributed by atoms with Gasteiger partial charge in [-0.05, 0) is 13.0 Å². The fourth-order valence-electron chi connectivity index (χ4n) is 0.991. The molecule has 0 bridgehead atoms. The lowest BCUT2D eigenvalue weighted by Crippen LogP contribution is -1.76. The second-order valence-electron chi connectivity index (χ2n) is 2.57. The summed E-state index contributed by atoms with van der Waals surface area (Å²) in [5.74, 6) is 1.58. The maximum atomic E-state index is 5.51. The van der Waals surface area contributed by atoms with E-state index >= 15 is 0 Å². The summed E-state index contributed by atoms with van der Waals surface area (Å²) in [5, 5.41) is 7.52. The van der Waals surface area contributed by atoms with Crippen LogP contribution in [-0.2, 0) is 5.88 Å². The molecule has 0 radical (unpaired) electrons. The summed E-state index contributed by atoms with van der Waals surface area (Å²) in [7, 11) is 0. The fraction of sp³-hybridized carbons (Fsp3) is 0.250. The summed E-state index contributed by atoms with van der Waals surface area (Å²) in [6, 6.07) is 1.83. The number of halogens is 1. The molecule has 13 heavy (non-hydrogen) atoms. The monoisotopic (exact) mass is 198 g/mol. The van der Waals surface area contributed by atoms with Crippen molar-refractivity contribution in [2.45, 2.75) is 12.8 Å². The van der Waals surface area contributed by atoms with Gasteiger partial charge in [0.15, 0.2) is 5.76 Å². The second-order valence-corrected chi connectivity index (χ2v) is 2.83. The van der Waals surface area contributed by atoms with Crippen molar-refractivity contribution in [1.29, 1.82) is 0 Å². The van der Waals surface area contributed by atoms with E-state index in [1.165, 1.54) is 0 Å². The molecule has 68 valence electrons. The van der Waals surface area contributed by atoms with Gasteiger partial charge in [0, 0.05) is 5.56 Å². The van der Waals surface area contributed by atoms with Crippen molar-refractivity contribution in [3.63, 3.8) is 0 Å². The maximum Gasteiger partial charge on any atom is 0.283 e. The molecule has 2 rings (SSSR count). The number of nitrogens with zero attached hydrogens (tertiary/aromatic N) is 2. The molecule has 0 aromatic carbocycles. The van der Waals surface area contributed by atoms with Crippen LogP contribution in [0.5, 0.6) is 0 Å². The van der Waals surface area contributed by atoms with Crippen molar-refractivity contribution in [3.05, 3.63) is 23.8 Å². The normalized spacial score (nSPS) is 10.6. The summed E-state index contributed by atoms with van der Waals surface area (Å²) in [5.41, 5.74) is 0.963. The highest BCUT2D eigenvalue weighted by Gasteiger charge is 2.12. The number of furan rings is 1. The van der Waals surface area contributed by atoms with Crippen molar-refractivity contribution < 1.29 is 8.83 Å². The Morgan fingerprint density at radius 2 is 2.31 bits per heavy atom. The molecule has 0 fully saturated rings. The predicted molar refractivity (Wildman–Crippen MR) is 46.3 cm³/mol. The van der Waals surface area contributed by atoms with Crippen LogP contribution in [0.15, 0.2) is 21.2 Å². The Hall–Kier alpha value is -1.29. The Morgan fingerprint density at radius 3 is 2.85 bits per heavy atom. The number of aryl methyl sites for hydroxylation is 1. The first-order valence-corrected chi connectivity index (χ1v) is 4.27. The van der Waals surface area contributed by atoms with E-state index in [0.717, 1.165) is 5.56 Å². The van der Waals surface area contributed by atoms with Crippen LogP contribution >= 0.6 is 11.6 Å². The first-order valence-electron chi connectivity index (χ1n) is 3.74. The Bertz CT molecular complexity index is 408. The van der Waals surface area contributed by atoms with Crippen LogP contribution in [0.4, 0.5) is 0 Å². The molecule has 0 atom stereocenters.